The van der Waals surface area contributed by atoms with E-state index >= 15 is 0 Å². The molecule has 0 radical (unpaired) electrons. The molecule has 0 saturated carbocycles. The molecule has 0 heterocycles. The van der Waals surface area contributed by atoms with Crippen molar-refractivity contribution >= 4 is 44.6 Å². The molecular weight excluding hydrogens is 464 g/mol. The lowest BCUT2D eigenvalue weighted by Crippen LogP contribution is -2.16. The Kier molecular flexibility index (Phi) is 7.40. The molecule has 0 unspecified atom stereocenters. The summed E-state index contributed by atoms with van der Waals surface area (Å²) in [5.41, 5.74) is 2.75. The third-order valence-corrected chi connectivity index (χ3v) is 6.24. The normalized spacial score (nSPS) is 11.0. The molecule has 0 aliphatic rings. The van der Waals surface area contributed by atoms with Crippen LogP contribution in [-0.2, 0) is 21.1 Å². The van der Waals surface area contributed by atoms with Crippen LogP contribution in [0.1, 0.15) is 21.5 Å². The van der Waals surface area contributed by atoms with Gasteiger partial charge in [-0.3, -0.25) is 9.59 Å². The first-order chi connectivity index (χ1) is 15.6. The minimum absolute atomic E-state index is 0.0459. The fourth-order valence-corrected chi connectivity index (χ4v) is 4.07. The fourth-order valence-electron chi connectivity index (χ4n) is 3.18. The number of ether oxygens (including phenoxy) is 1. The summed E-state index contributed by atoms with van der Waals surface area (Å²) >= 11 is 6.29. The summed E-state index contributed by atoms with van der Waals surface area (Å²) < 4.78 is 28.7. The smallest absolute Gasteiger partial charge is 0.255 e. The maximum absolute atomic E-state index is 12.6. The summed E-state index contributed by atoms with van der Waals surface area (Å²) in [6.45, 7) is 1.94. The van der Waals surface area contributed by atoms with Crippen molar-refractivity contribution < 1.29 is 22.7 Å². The van der Waals surface area contributed by atoms with E-state index in [1.807, 2.05) is 25.1 Å². The highest BCUT2D eigenvalue weighted by atomic mass is 35.5. The summed E-state index contributed by atoms with van der Waals surface area (Å²) in [5.74, 6) is -0.123. The van der Waals surface area contributed by atoms with Crippen molar-refractivity contribution in [2.75, 3.05) is 24.0 Å². The Morgan fingerprint density at radius 1 is 1.00 bits per heavy atom. The Hall–Kier alpha value is -3.36. The first kappa shape index (κ1) is 24.3. The van der Waals surface area contributed by atoms with E-state index in [2.05, 4.69) is 10.6 Å². The SMILES string of the molecule is COc1ccc(C)cc1CC(=O)Nc1ccc(NC(=O)c2cccc(S(C)(=O)=O)c2)c(Cl)c1. The number of carbonyl (C=O) groups excluding carboxylic acids is 2. The van der Waals surface area contributed by atoms with Gasteiger partial charge >= 0.3 is 0 Å². The van der Waals surface area contributed by atoms with Gasteiger partial charge in [0.05, 0.1) is 29.1 Å². The fraction of sp³-hybridized carbons (Fsp3) is 0.167. The van der Waals surface area contributed by atoms with E-state index in [0.717, 1.165) is 17.4 Å². The minimum atomic E-state index is -3.44. The van der Waals surface area contributed by atoms with E-state index in [1.165, 1.54) is 30.3 Å². The molecule has 3 aromatic rings. The van der Waals surface area contributed by atoms with Gasteiger partial charge in [0, 0.05) is 23.1 Å². The van der Waals surface area contributed by atoms with Gasteiger partial charge in [0.25, 0.3) is 5.91 Å². The van der Waals surface area contributed by atoms with E-state index in [4.69, 9.17) is 16.3 Å². The maximum Gasteiger partial charge on any atom is 0.255 e. The second-order valence-corrected chi connectivity index (χ2v) is 9.91. The molecule has 2 N–H and O–H groups in total. The Bertz CT molecular complexity index is 1320. The molecule has 2 amide bonds. The van der Waals surface area contributed by atoms with Gasteiger partial charge in [-0.1, -0.05) is 35.4 Å². The van der Waals surface area contributed by atoms with E-state index in [0.29, 0.717) is 17.1 Å². The van der Waals surface area contributed by atoms with Crippen LogP contribution >= 0.6 is 11.6 Å². The summed E-state index contributed by atoms with van der Waals surface area (Å²) in [6.07, 6.45) is 1.20. The molecular formula is C24H23ClN2O5S. The molecule has 7 nitrogen and oxygen atoms in total. The monoisotopic (exact) mass is 486 g/mol. The molecule has 3 aromatic carbocycles. The maximum atomic E-state index is 12.6. The predicted octanol–water partition coefficient (Wildman–Crippen LogP) is 4.49. The molecule has 0 fully saturated rings. The molecule has 0 aromatic heterocycles. The van der Waals surface area contributed by atoms with Crippen molar-refractivity contribution in [3.63, 3.8) is 0 Å². The van der Waals surface area contributed by atoms with Gasteiger partial charge < -0.3 is 15.4 Å². The van der Waals surface area contributed by atoms with E-state index < -0.39 is 15.7 Å². The minimum Gasteiger partial charge on any atom is -0.496 e. The van der Waals surface area contributed by atoms with Crippen LogP contribution in [0.5, 0.6) is 5.75 Å². The number of rotatable bonds is 7. The zero-order chi connectivity index (χ0) is 24.2. The number of aryl methyl sites for hydroxylation is 1. The molecule has 9 heteroatoms. The molecule has 0 aliphatic carbocycles. The average Bonchev–Trinajstić information content (AvgIpc) is 2.75. The zero-order valence-corrected chi connectivity index (χ0v) is 19.9. The largest absolute Gasteiger partial charge is 0.496 e. The number of hydrogen-bond acceptors (Lipinski definition) is 5. The first-order valence-electron chi connectivity index (χ1n) is 9.91. The molecule has 33 heavy (non-hydrogen) atoms. The molecule has 3 rings (SSSR count). The van der Waals surface area contributed by atoms with Crippen molar-refractivity contribution in [1.29, 1.82) is 0 Å². The number of hydrogen-bond donors (Lipinski definition) is 2. The van der Waals surface area contributed by atoms with Crippen LogP contribution in [0.15, 0.2) is 65.6 Å². The summed E-state index contributed by atoms with van der Waals surface area (Å²) in [4.78, 5) is 25.1. The number of nitrogens with one attached hydrogen (secondary N) is 2. The molecule has 0 spiro atoms. The molecule has 172 valence electrons. The van der Waals surface area contributed by atoms with Crippen molar-refractivity contribution in [3.8, 4) is 5.75 Å². The van der Waals surface area contributed by atoms with Gasteiger partial charge in [0.2, 0.25) is 5.91 Å². The molecule has 0 bridgehead atoms. The highest BCUT2D eigenvalue weighted by Crippen LogP contribution is 2.27. The van der Waals surface area contributed by atoms with E-state index in [-0.39, 0.29) is 27.8 Å². The number of methoxy groups -OCH3 is 1. The zero-order valence-electron chi connectivity index (χ0n) is 18.3. The summed E-state index contributed by atoms with van der Waals surface area (Å²) in [7, 11) is -1.89. The van der Waals surface area contributed by atoms with Crippen LogP contribution in [0, 0.1) is 6.92 Å². The molecule has 0 aliphatic heterocycles. The third-order valence-electron chi connectivity index (χ3n) is 4.81. The van der Waals surface area contributed by atoms with Gasteiger partial charge in [-0.25, -0.2) is 8.42 Å². The molecule has 0 saturated heterocycles. The van der Waals surface area contributed by atoms with Gasteiger partial charge in [0.1, 0.15) is 5.75 Å². The number of amides is 2. The highest BCUT2D eigenvalue weighted by Gasteiger charge is 2.14. The number of benzene rings is 3. The van der Waals surface area contributed by atoms with Crippen molar-refractivity contribution in [3.05, 3.63) is 82.4 Å². The first-order valence-corrected chi connectivity index (χ1v) is 12.2. The van der Waals surface area contributed by atoms with E-state index in [9.17, 15) is 18.0 Å². The van der Waals surface area contributed by atoms with Crippen LogP contribution < -0.4 is 15.4 Å². The number of halogens is 1. The van der Waals surface area contributed by atoms with Gasteiger partial charge in [0.15, 0.2) is 9.84 Å². The lowest BCUT2D eigenvalue weighted by atomic mass is 10.1. The van der Waals surface area contributed by atoms with Crippen molar-refractivity contribution in [2.45, 2.75) is 18.2 Å². The van der Waals surface area contributed by atoms with Crippen LogP contribution in [0.4, 0.5) is 11.4 Å². The Balaban J connectivity index is 1.70. The Morgan fingerprint density at radius 2 is 1.76 bits per heavy atom. The van der Waals surface area contributed by atoms with Crippen LogP contribution in [0.3, 0.4) is 0 Å². The van der Waals surface area contributed by atoms with Crippen LogP contribution in [-0.4, -0.2) is 33.6 Å². The van der Waals surface area contributed by atoms with Crippen LogP contribution in [0.25, 0.3) is 0 Å². The Labute approximate surface area is 197 Å². The topological polar surface area (TPSA) is 102 Å². The average molecular weight is 487 g/mol. The Morgan fingerprint density at radius 3 is 2.42 bits per heavy atom. The van der Waals surface area contributed by atoms with Gasteiger partial charge in [-0.05, 0) is 49.4 Å². The highest BCUT2D eigenvalue weighted by molar-refractivity contribution is 7.90. The molecule has 0 atom stereocenters. The summed E-state index contributed by atoms with van der Waals surface area (Å²) in [5, 5.41) is 5.65. The predicted molar refractivity (Wildman–Crippen MR) is 129 cm³/mol. The number of carbonyl (C=O) groups is 2. The van der Waals surface area contributed by atoms with Gasteiger partial charge in [-0.2, -0.15) is 0 Å². The number of anilines is 2. The van der Waals surface area contributed by atoms with Crippen LogP contribution in [0.2, 0.25) is 5.02 Å². The van der Waals surface area contributed by atoms with E-state index in [1.54, 1.807) is 19.2 Å². The lowest BCUT2D eigenvalue weighted by Gasteiger charge is -2.12. The van der Waals surface area contributed by atoms with Gasteiger partial charge in [-0.15, -0.1) is 0 Å². The third kappa shape index (κ3) is 6.34. The number of sulfone groups is 1. The van der Waals surface area contributed by atoms with Crippen molar-refractivity contribution in [1.82, 2.24) is 0 Å². The summed E-state index contributed by atoms with van der Waals surface area (Å²) in [6, 6.07) is 16.0. The standard InChI is InChI=1S/C24H23ClN2O5S/c1-15-7-10-22(32-2)17(11-15)13-23(28)26-18-8-9-21(20(25)14-18)27-24(29)16-5-4-6-19(12-16)33(3,30)31/h4-12,14H,13H2,1-3H3,(H,26,28)(H,27,29). The second-order valence-electron chi connectivity index (χ2n) is 7.49. The lowest BCUT2D eigenvalue weighted by molar-refractivity contribution is -0.115. The van der Waals surface area contributed by atoms with Crippen molar-refractivity contribution in [2.24, 2.45) is 0 Å². The second kappa shape index (κ2) is 10.1. The quantitative estimate of drug-likeness (QED) is 0.512.